The number of likely N-dealkylation sites (N-methyl/N-ethyl adjacent to an activating group) is 1. The second kappa shape index (κ2) is 4.15. The van der Waals surface area contributed by atoms with Crippen LogP contribution in [0.15, 0.2) is 47.2 Å². The normalized spacial score (nSPS) is 41.6. The second-order valence-corrected chi connectivity index (χ2v) is 7.87. The molecule has 3 nitrogen and oxygen atoms in total. The van der Waals surface area contributed by atoms with E-state index in [0.717, 1.165) is 35.7 Å². The van der Waals surface area contributed by atoms with Crippen molar-refractivity contribution in [2.75, 3.05) is 25.5 Å². The molecule has 0 amide bonds. The first-order valence-corrected chi connectivity index (χ1v) is 8.70. The maximum atomic E-state index is 12.0. The van der Waals surface area contributed by atoms with Crippen LogP contribution < -0.4 is 5.32 Å². The van der Waals surface area contributed by atoms with Crippen molar-refractivity contribution in [2.45, 2.75) is 31.2 Å². The lowest BCUT2D eigenvalue weighted by atomic mass is 9.61. The number of quaternary nitrogens is 1. The molecule has 2 bridgehead atoms. The highest BCUT2D eigenvalue weighted by Gasteiger charge is 2.67. The van der Waals surface area contributed by atoms with Gasteiger partial charge in [-0.3, -0.25) is 4.79 Å². The van der Waals surface area contributed by atoms with Gasteiger partial charge in [0.2, 0.25) is 0 Å². The molecule has 0 radical (unpaired) electrons. The van der Waals surface area contributed by atoms with Crippen LogP contribution in [-0.4, -0.2) is 36.9 Å². The SMILES string of the molecule is C/C=C1/C[N@@+]2(C)CCC34C(=C(C=O)[C@H]1C[C@@H]32)Nc1ccccc14. The zero-order valence-electron chi connectivity index (χ0n) is 13.8. The van der Waals surface area contributed by atoms with Crippen molar-refractivity contribution >= 4 is 12.0 Å². The fourth-order valence-corrected chi connectivity index (χ4v) is 6.07. The van der Waals surface area contributed by atoms with Crippen LogP contribution >= 0.6 is 0 Å². The van der Waals surface area contributed by atoms with Gasteiger partial charge in [0.25, 0.3) is 0 Å². The number of anilines is 1. The molecule has 3 heteroatoms. The monoisotopic (exact) mass is 307 g/mol. The standard InChI is InChI=1S/C20H22N2O/c1-3-13-11-22(2)9-8-20-16-6-4-5-7-17(16)21-19(20)15(12-23)14(13)10-18(20)22/h3-7,12,14,18H,8-11H2,1-2H3/p+1/b13-3-/t14-,18-,20?,22+/m0/s1. The van der Waals surface area contributed by atoms with E-state index in [1.165, 1.54) is 29.1 Å². The average molecular weight is 307 g/mol. The number of rotatable bonds is 1. The summed E-state index contributed by atoms with van der Waals surface area (Å²) in [5.74, 6) is 0.316. The summed E-state index contributed by atoms with van der Waals surface area (Å²) in [5.41, 5.74) is 6.35. The van der Waals surface area contributed by atoms with E-state index in [4.69, 9.17) is 0 Å². The summed E-state index contributed by atoms with van der Waals surface area (Å²) >= 11 is 0. The van der Waals surface area contributed by atoms with Crippen molar-refractivity contribution in [1.29, 1.82) is 0 Å². The summed E-state index contributed by atoms with van der Waals surface area (Å²) in [4.78, 5) is 12.0. The lowest BCUT2D eigenvalue weighted by Crippen LogP contribution is -2.61. The maximum Gasteiger partial charge on any atom is 0.148 e. The number of hydrogen-bond acceptors (Lipinski definition) is 2. The van der Waals surface area contributed by atoms with Crippen LogP contribution in [-0.2, 0) is 10.2 Å². The molecule has 4 atom stereocenters. The van der Waals surface area contributed by atoms with Crippen LogP contribution in [0.25, 0.3) is 0 Å². The van der Waals surface area contributed by atoms with Gasteiger partial charge in [-0.05, 0) is 24.1 Å². The van der Waals surface area contributed by atoms with Crippen LogP contribution in [0.3, 0.4) is 0 Å². The van der Waals surface area contributed by atoms with Crippen LogP contribution in [0.2, 0.25) is 0 Å². The van der Waals surface area contributed by atoms with E-state index < -0.39 is 0 Å². The van der Waals surface area contributed by atoms with Crippen molar-refractivity contribution in [2.24, 2.45) is 5.92 Å². The average Bonchev–Trinajstić information content (AvgIpc) is 3.08. The molecule has 2 saturated heterocycles. The Morgan fingerprint density at radius 1 is 1.35 bits per heavy atom. The molecule has 0 aromatic heterocycles. The summed E-state index contributed by atoms with van der Waals surface area (Å²) in [5, 5.41) is 3.66. The molecule has 1 aromatic rings. The van der Waals surface area contributed by atoms with E-state index in [9.17, 15) is 4.79 Å². The zero-order chi connectivity index (χ0) is 15.8. The molecular formula is C20H23N2O+. The number of fused-ring (bicyclic) bond motifs is 2. The van der Waals surface area contributed by atoms with Gasteiger partial charge in [0.1, 0.15) is 18.9 Å². The highest BCUT2D eigenvalue weighted by molar-refractivity contribution is 5.84. The Kier molecular flexibility index (Phi) is 2.45. The highest BCUT2D eigenvalue weighted by atomic mass is 16.1. The first kappa shape index (κ1) is 13.6. The molecule has 1 unspecified atom stereocenters. The van der Waals surface area contributed by atoms with Crippen LogP contribution in [0.1, 0.15) is 25.3 Å². The predicted molar refractivity (Wildman–Crippen MR) is 91.0 cm³/mol. The molecule has 1 aliphatic carbocycles. The van der Waals surface area contributed by atoms with Crippen LogP contribution in [0.4, 0.5) is 5.69 Å². The Balaban J connectivity index is 1.85. The molecule has 0 saturated carbocycles. The smallest absolute Gasteiger partial charge is 0.148 e. The number of benzene rings is 1. The molecule has 3 aliphatic heterocycles. The minimum atomic E-state index is 0.0390. The van der Waals surface area contributed by atoms with Gasteiger partial charge in [0, 0.05) is 35.7 Å². The van der Waals surface area contributed by atoms with E-state index in [2.05, 4.69) is 49.6 Å². The molecular weight excluding hydrogens is 284 g/mol. The van der Waals surface area contributed by atoms with Gasteiger partial charge in [0.15, 0.2) is 0 Å². The van der Waals surface area contributed by atoms with Gasteiger partial charge >= 0.3 is 0 Å². The molecule has 118 valence electrons. The number of hydrogen-bond donors (Lipinski definition) is 1. The summed E-state index contributed by atoms with van der Waals surface area (Å²) in [6.07, 6.45) is 5.65. The largest absolute Gasteiger partial charge is 0.357 e. The molecule has 4 aliphatic rings. The lowest BCUT2D eigenvalue weighted by Gasteiger charge is -2.51. The summed E-state index contributed by atoms with van der Waals surface area (Å²) < 4.78 is 1.13. The molecule has 5 rings (SSSR count). The first-order chi connectivity index (χ1) is 11.1. The third-order valence-corrected chi connectivity index (χ3v) is 7.06. The quantitative estimate of drug-likeness (QED) is 0.491. The van der Waals surface area contributed by atoms with E-state index >= 15 is 0 Å². The topological polar surface area (TPSA) is 29.1 Å². The Morgan fingerprint density at radius 3 is 2.96 bits per heavy atom. The fourth-order valence-electron chi connectivity index (χ4n) is 6.07. The first-order valence-electron chi connectivity index (χ1n) is 8.70. The number of para-hydroxylation sites is 1. The summed E-state index contributed by atoms with van der Waals surface area (Å²) in [6.45, 7) is 4.42. The van der Waals surface area contributed by atoms with Gasteiger partial charge in [-0.25, -0.2) is 0 Å². The van der Waals surface area contributed by atoms with Crippen molar-refractivity contribution < 1.29 is 9.28 Å². The highest BCUT2D eigenvalue weighted by Crippen LogP contribution is 2.62. The van der Waals surface area contributed by atoms with E-state index in [-0.39, 0.29) is 5.41 Å². The molecule has 1 N–H and O–H groups in total. The van der Waals surface area contributed by atoms with E-state index in [0.29, 0.717) is 12.0 Å². The number of piperidine rings is 1. The Morgan fingerprint density at radius 2 is 2.17 bits per heavy atom. The second-order valence-electron chi connectivity index (χ2n) is 7.87. The number of aldehydes is 1. The predicted octanol–water partition coefficient (Wildman–Crippen LogP) is 3.00. The minimum Gasteiger partial charge on any atom is -0.357 e. The summed E-state index contributed by atoms with van der Waals surface area (Å²) in [7, 11) is 2.42. The number of carbonyl (C=O) groups is 1. The number of allylic oxidation sites excluding steroid dienone is 2. The molecule has 2 fully saturated rings. The third kappa shape index (κ3) is 1.38. The maximum absolute atomic E-state index is 12.0. The third-order valence-electron chi connectivity index (χ3n) is 7.06. The van der Waals surface area contributed by atoms with Gasteiger partial charge in [-0.15, -0.1) is 0 Å². The fraction of sp³-hybridized carbons (Fsp3) is 0.450. The molecule has 1 spiro atoms. The van der Waals surface area contributed by atoms with Crippen LogP contribution in [0.5, 0.6) is 0 Å². The molecule has 1 aromatic carbocycles. The van der Waals surface area contributed by atoms with Crippen molar-refractivity contribution in [3.05, 3.63) is 52.7 Å². The van der Waals surface area contributed by atoms with Crippen LogP contribution in [0, 0.1) is 5.92 Å². The van der Waals surface area contributed by atoms with Crippen molar-refractivity contribution in [3.63, 3.8) is 0 Å². The van der Waals surface area contributed by atoms with E-state index in [1.807, 2.05) is 0 Å². The Bertz CT molecular complexity index is 793. The van der Waals surface area contributed by atoms with Crippen molar-refractivity contribution in [3.8, 4) is 0 Å². The lowest BCUT2D eigenvalue weighted by molar-refractivity contribution is -0.923. The van der Waals surface area contributed by atoms with Gasteiger partial charge < -0.3 is 9.80 Å². The van der Waals surface area contributed by atoms with Crippen molar-refractivity contribution in [1.82, 2.24) is 0 Å². The molecule has 23 heavy (non-hydrogen) atoms. The number of carbonyl (C=O) groups excluding carboxylic acids is 1. The van der Waals surface area contributed by atoms with E-state index in [1.54, 1.807) is 0 Å². The molecule has 3 heterocycles. The zero-order valence-corrected chi connectivity index (χ0v) is 13.8. The number of nitrogens with one attached hydrogen (secondary N) is 1. The number of nitrogens with zero attached hydrogens (tertiary/aromatic N) is 1. The van der Waals surface area contributed by atoms with Gasteiger partial charge in [-0.2, -0.15) is 0 Å². The summed E-state index contributed by atoms with van der Waals surface area (Å²) in [6, 6.07) is 9.27. The Hall–Kier alpha value is -1.87. The van der Waals surface area contributed by atoms with Gasteiger partial charge in [0.05, 0.1) is 19.0 Å². The van der Waals surface area contributed by atoms with Gasteiger partial charge in [-0.1, -0.05) is 24.3 Å². The Labute approximate surface area is 137 Å². The minimum absolute atomic E-state index is 0.0390.